The first-order valence-electron chi connectivity index (χ1n) is 9.29. The number of aromatic nitrogens is 1. The van der Waals surface area contributed by atoms with Gasteiger partial charge in [0, 0.05) is 30.6 Å². The number of likely N-dealkylation sites (tertiary alicyclic amines) is 1. The zero-order chi connectivity index (χ0) is 18.9. The summed E-state index contributed by atoms with van der Waals surface area (Å²) in [6.07, 6.45) is 2.82. The van der Waals surface area contributed by atoms with Crippen LogP contribution < -0.4 is 5.32 Å². The maximum absolute atomic E-state index is 12.1. The number of carbonyl (C=O) groups excluding carboxylic acids is 1. The number of rotatable bonds is 6. The maximum Gasteiger partial charge on any atom is 0.311 e. The molecule has 1 saturated carbocycles. The molecular formula is C20H23N3O3S. The van der Waals surface area contributed by atoms with Crippen LogP contribution >= 0.6 is 11.3 Å². The number of benzene rings is 1. The Morgan fingerprint density at radius 2 is 2.15 bits per heavy atom. The number of thiazole rings is 1. The van der Waals surface area contributed by atoms with Crippen molar-refractivity contribution in [3.8, 4) is 0 Å². The summed E-state index contributed by atoms with van der Waals surface area (Å²) < 4.78 is 0. The molecule has 7 heteroatoms. The molecule has 2 aliphatic rings. The van der Waals surface area contributed by atoms with Crippen LogP contribution in [0.5, 0.6) is 0 Å². The van der Waals surface area contributed by atoms with E-state index >= 15 is 0 Å². The lowest BCUT2D eigenvalue weighted by Crippen LogP contribution is -2.35. The van der Waals surface area contributed by atoms with Gasteiger partial charge in [0.15, 0.2) is 0 Å². The van der Waals surface area contributed by atoms with Gasteiger partial charge in [-0.3, -0.25) is 14.5 Å². The fourth-order valence-electron chi connectivity index (χ4n) is 4.44. The van der Waals surface area contributed by atoms with Crippen LogP contribution in [-0.2, 0) is 17.9 Å². The lowest BCUT2D eigenvalue weighted by Gasteiger charge is -2.23. The van der Waals surface area contributed by atoms with E-state index in [1.54, 1.807) is 12.1 Å². The number of fused-ring (bicyclic) bond motifs is 1. The van der Waals surface area contributed by atoms with Gasteiger partial charge in [0.05, 0.1) is 17.7 Å². The zero-order valence-electron chi connectivity index (χ0n) is 15.1. The van der Waals surface area contributed by atoms with Crippen LogP contribution in [0.4, 0.5) is 0 Å². The number of carboxylic acids is 1. The van der Waals surface area contributed by atoms with Crippen molar-refractivity contribution in [2.75, 3.05) is 13.1 Å². The van der Waals surface area contributed by atoms with E-state index in [1.807, 2.05) is 23.6 Å². The van der Waals surface area contributed by atoms with Gasteiger partial charge in [0.25, 0.3) is 5.91 Å². The number of amides is 1. The van der Waals surface area contributed by atoms with E-state index in [0.717, 1.165) is 36.5 Å². The standard InChI is InChI=1S/C20H23N3O3S/c24-18(14-5-2-1-3-6-14)21-9-17-22-16(12-27-17)11-23-10-15-7-4-8-20(15,13-23)19(25)26/h1-3,5-6,12,15H,4,7-11,13H2,(H,21,24)(H,25,26)/t15-,20+/m0/s1. The van der Waals surface area contributed by atoms with Crippen LogP contribution in [0, 0.1) is 11.3 Å². The Kier molecular flexibility index (Phi) is 4.97. The molecule has 4 rings (SSSR count). The number of hydrogen-bond acceptors (Lipinski definition) is 5. The van der Waals surface area contributed by atoms with Crippen LogP contribution in [0.2, 0.25) is 0 Å². The van der Waals surface area contributed by atoms with Crippen LogP contribution in [0.15, 0.2) is 35.7 Å². The largest absolute Gasteiger partial charge is 0.481 e. The molecule has 27 heavy (non-hydrogen) atoms. The predicted molar refractivity (Wildman–Crippen MR) is 102 cm³/mol. The monoisotopic (exact) mass is 385 g/mol. The molecule has 1 saturated heterocycles. The van der Waals surface area contributed by atoms with Crippen LogP contribution in [0.1, 0.15) is 40.3 Å². The van der Waals surface area contributed by atoms with Crippen LogP contribution in [0.25, 0.3) is 0 Å². The minimum atomic E-state index is -0.643. The van der Waals surface area contributed by atoms with Gasteiger partial charge in [-0.1, -0.05) is 24.6 Å². The maximum atomic E-state index is 12.1. The summed E-state index contributed by atoms with van der Waals surface area (Å²) >= 11 is 1.53. The highest BCUT2D eigenvalue weighted by molar-refractivity contribution is 7.09. The summed E-state index contributed by atoms with van der Waals surface area (Å²) in [4.78, 5) is 30.7. The van der Waals surface area contributed by atoms with E-state index in [4.69, 9.17) is 0 Å². The Bertz CT molecular complexity index is 838. The number of aliphatic carboxylic acids is 1. The molecule has 1 aliphatic carbocycles. The number of hydrogen-bond donors (Lipinski definition) is 2. The first kappa shape index (κ1) is 18.1. The van der Waals surface area contributed by atoms with Crippen LogP contribution in [-0.4, -0.2) is 40.0 Å². The molecule has 1 amide bonds. The summed E-state index contributed by atoms with van der Waals surface area (Å²) in [5.74, 6) is -0.489. The van der Waals surface area contributed by atoms with Gasteiger partial charge < -0.3 is 10.4 Å². The highest BCUT2D eigenvalue weighted by atomic mass is 32.1. The first-order valence-corrected chi connectivity index (χ1v) is 10.2. The second kappa shape index (κ2) is 7.40. The Morgan fingerprint density at radius 1 is 1.33 bits per heavy atom. The third-order valence-corrected chi connectivity index (χ3v) is 6.69. The molecule has 0 radical (unpaired) electrons. The lowest BCUT2D eigenvalue weighted by atomic mass is 9.81. The molecule has 0 unspecified atom stereocenters. The molecular weight excluding hydrogens is 362 g/mol. The molecule has 2 heterocycles. The molecule has 0 bridgehead atoms. The Labute approximate surface area is 162 Å². The van der Waals surface area contributed by atoms with Crippen molar-refractivity contribution in [1.82, 2.24) is 15.2 Å². The van der Waals surface area contributed by atoms with E-state index in [2.05, 4.69) is 15.2 Å². The van der Waals surface area contributed by atoms with Crippen molar-refractivity contribution in [2.24, 2.45) is 11.3 Å². The van der Waals surface area contributed by atoms with Gasteiger partial charge >= 0.3 is 5.97 Å². The summed E-state index contributed by atoms with van der Waals surface area (Å²) in [5.41, 5.74) is 1.03. The summed E-state index contributed by atoms with van der Waals surface area (Å²) in [6, 6.07) is 9.12. The van der Waals surface area contributed by atoms with Gasteiger partial charge in [0.2, 0.25) is 0 Å². The molecule has 2 fully saturated rings. The van der Waals surface area contributed by atoms with Gasteiger partial charge in [-0.2, -0.15) is 0 Å². The van der Waals surface area contributed by atoms with Crippen LogP contribution in [0.3, 0.4) is 0 Å². The second-order valence-corrected chi connectivity index (χ2v) is 8.44. The number of carbonyl (C=O) groups is 2. The third-order valence-electron chi connectivity index (χ3n) is 5.79. The average Bonchev–Trinajstić information content (AvgIpc) is 3.35. The molecule has 142 valence electrons. The molecule has 1 aromatic carbocycles. The quantitative estimate of drug-likeness (QED) is 0.799. The van der Waals surface area contributed by atoms with Crippen molar-refractivity contribution in [1.29, 1.82) is 0 Å². The van der Waals surface area contributed by atoms with E-state index in [-0.39, 0.29) is 11.8 Å². The van der Waals surface area contributed by atoms with Crippen molar-refractivity contribution >= 4 is 23.2 Å². The molecule has 1 aromatic heterocycles. The molecule has 1 aliphatic heterocycles. The number of nitrogens with zero attached hydrogens (tertiary/aromatic N) is 2. The zero-order valence-corrected chi connectivity index (χ0v) is 15.9. The lowest BCUT2D eigenvalue weighted by molar-refractivity contribution is -0.149. The second-order valence-electron chi connectivity index (χ2n) is 7.50. The minimum absolute atomic E-state index is 0.108. The van der Waals surface area contributed by atoms with E-state index in [0.29, 0.717) is 25.2 Å². The van der Waals surface area contributed by atoms with Crippen molar-refractivity contribution in [2.45, 2.75) is 32.4 Å². The van der Waals surface area contributed by atoms with Gasteiger partial charge in [-0.15, -0.1) is 11.3 Å². The highest BCUT2D eigenvalue weighted by Crippen LogP contribution is 2.49. The Balaban J connectivity index is 1.33. The molecule has 2 aromatic rings. The molecule has 6 nitrogen and oxygen atoms in total. The van der Waals surface area contributed by atoms with Crippen molar-refractivity contribution in [3.63, 3.8) is 0 Å². The fourth-order valence-corrected chi connectivity index (χ4v) is 5.17. The van der Waals surface area contributed by atoms with Crippen molar-refractivity contribution in [3.05, 3.63) is 52.0 Å². The smallest absolute Gasteiger partial charge is 0.311 e. The SMILES string of the molecule is O=C(NCc1nc(CN2C[C@@H]3CCC[C@@]3(C(=O)O)C2)cs1)c1ccccc1. The molecule has 2 N–H and O–H groups in total. The summed E-state index contributed by atoms with van der Waals surface area (Å²) in [5, 5.41) is 15.5. The topological polar surface area (TPSA) is 82.5 Å². The number of carboxylic acid groups (broad SMARTS) is 1. The van der Waals surface area contributed by atoms with E-state index in [1.165, 1.54) is 11.3 Å². The Hall–Kier alpha value is -2.25. The van der Waals surface area contributed by atoms with E-state index < -0.39 is 11.4 Å². The first-order chi connectivity index (χ1) is 13.1. The van der Waals surface area contributed by atoms with E-state index in [9.17, 15) is 14.7 Å². The normalized spacial score (nSPS) is 24.7. The average molecular weight is 385 g/mol. The van der Waals surface area contributed by atoms with Gasteiger partial charge in [-0.25, -0.2) is 4.98 Å². The Morgan fingerprint density at radius 3 is 2.89 bits per heavy atom. The summed E-state index contributed by atoms with van der Waals surface area (Å²) in [6.45, 7) is 2.53. The summed E-state index contributed by atoms with van der Waals surface area (Å²) in [7, 11) is 0. The third kappa shape index (κ3) is 3.61. The van der Waals surface area contributed by atoms with Gasteiger partial charge in [-0.05, 0) is 30.9 Å². The fraction of sp³-hybridized carbons (Fsp3) is 0.450. The molecule has 2 atom stereocenters. The molecule has 0 spiro atoms. The van der Waals surface area contributed by atoms with Crippen molar-refractivity contribution < 1.29 is 14.7 Å². The minimum Gasteiger partial charge on any atom is -0.481 e. The number of nitrogens with one attached hydrogen (secondary N) is 1. The predicted octanol–water partition coefficient (Wildman–Crippen LogP) is 2.76. The highest BCUT2D eigenvalue weighted by Gasteiger charge is 2.54. The van der Waals surface area contributed by atoms with Gasteiger partial charge in [0.1, 0.15) is 5.01 Å².